The lowest BCUT2D eigenvalue weighted by Crippen LogP contribution is -2.19. The van der Waals surface area contributed by atoms with Crippen LogP contribution in [0.3, 0.4) is 0 Å². The van der Waals surface area contributed by atoms with Crippen molar-refractivity contribution < 1.29 is 4.79 Å². The first-order valence-corrected chi connectivity index (χ1v) is 11.6. The minimum Gasteiger partial charge on any atom is -0.330 e. The minimum atomic E-state index is -0.0786. The third-order valence-electron chi connectivity index (χ3n) is 4.85. The first-order valence-electron chi connectivity index (χ1n) is 9.42. The van der Waals surface area contributed by atoms with Crippen molar-refractivity contribution >= 4 is 57.2 Å². The van der Waals surface area contributed by atoms with Crippen molar-refractivity contribution in [1.29, 1.82) is 0 Å². The number of nitrogens with one attached hydrogen (secondary N) is 2. The summed E-state index contributed by atoms with van der Waals surface area (Å²) in [6.07, 6.45) is 6.41. The smallest absolute Gasteiger partial charge is 0.235 e. The zero-order chi connectivity index (χ0) is 20.2. The second-order valence-corrected chi connectivity index (χ2v) is 9.45. The van der Waals surface area contributed by atoms with E-state index in [0.29, 0.717) is 16.2 Å². The largest absolute Gasteiger partial charge is 0.330 e. The quantitative estimate of drug-likeness (QED) is 0.478. The highest BCUT2D eigenvalue weighted by atomic mass is 35.5. The molecule has 152 valence electrons. The van der Waals surface area contributed by atoms with Crippen molar-refractivity contribution in [3.8, 4) is 0 Å². The molecule has 0 aliphatic heterocycles. The van der Waals surface area contributed by atoms with Gasteiger partial charge >= 0.3 is 0 Å². The highest BCUT2D eigenvalue weighted by Crippen LogP contribution is 2.32. The van der Waals surface area contributed by atoms with Gasteiger partial charge in [-0.2, -0.15) is 5.10 Å². The Bertz CT molecular complexity index is 998. The van der Waals surface area contributed by atoms with Crippen LogP contribution in [0.5, 0.6) is 0 Å². The van der Waals surface area contributed by atoms with Gasteiger partial charge in [-0.15, -0.1) is 10.2 Å². The molecule has 2 heterocycles. The summed E-state index contributed by atoms with van der Waals surface area (Å²) in [4.78, 5) is 12.4. The molecule has 1 saturated carbocycles. The number of rotatable bonds is 7. The van der Waals surface area contributed by atoms with E-state index in [1.807, 2.05) is 35.9 Å². The van der Waals surface area contributed by atoms with Gasteiger partial charge < -0.3 is 10.6 Å². The van der Waals surface area contributed by atoms with Gasteiger partial charge in [-0.3, -0.25) is 4.79 Å². The molecule has 2 aromatic heterocycles. The average molecular weight is 449 g/mol. The van der Waals surface area contributed by atoms with E-state index in [4.69, 9.17) is 11.6 Å². The fraction of sp³-hybridized carbons (Fsp3) is 0.368. The van der Waals surface area contributed by atoms with Crippen molar-refractivity contribution in [1.82, 2.24) is 20.0 Å². The SMILES string of the molecule is Cc1c(Cl)cccc1Nc1nnc(SCC(=O)Nc2ccnn2C2CCCC2)s1. The lowest BCUT2D eigenvalue weighted by molar-refractivity contribution is -0.113. The third-order valence-corrected chi connectivity index (χ3v) is 7.23. The van der Waals surface area contributed by atoms with Crippen molar-refractivity contribution in [3.05, 3.63) is 41.0 Å². The lowest BCUT2D eigenvalue weighted by atomic mass is 10.2. The van der Waals surface area contributed by atoms with E-state index >= 15 is 0 Å². The summed E-state index contributed by atoms with van der Waals surface area (Å²) in [7, 11) is 0. The van der Waals surface area contributed by atoms with Gasteiger partial charge in [-0.1, -0.05) is 53.6 Å². The molecular formula is C19H21ClN6OS2. The van der Waals surface area contributed by atoms with Crippen molar-refractivity contribution in [2.45, 2.75) is 43.0 Å². The normalized spacial score (nSPS) is 14.3. The number of aromatic nitrogens is 4. The molecule has 1 fully saturated rings. The number of benzene rings is 1. The van der Waals surface area contributed by atoms with E-state index in [1.165, 1.54) is 35.9 Å². The number of carbonyl (C=O) groups is 1. The van der Waals surface area contributed by atoms with Crippen LogP contribution in [0.1, 0.15) is 37.3 Å². The zero-order valence-electron chi connectivity index (χ0n) is 15.9. The monoisotopic (exact) mass is 448 g/mol. The number of amides is 1. The Balaban J connectivity index is 1.31. The Kier molecular flexibility index (Phi) is 6.37. The molecule has 0 unspecified atom stereocenters. The second-order valence-electron chi connectivity index (χ2n) is 6.85. The van der Waals surface area contributed by atoms with E-state index in [-0.39, 0.29) is 11.7 Å². The maximum absolute atomic E-state index is 12.4. The van der Waals surface area contributed by atoms with Gasteiger partial charge in [0.05, 0.1) is 18.0 Å². The van der Waals surface area contributed by atoms with Crippen molar-refractivity contribution in [2.75, 3.05) is 16.4 Å². The van der Waals surface area contributed by atoms with Gasteiger partial charge in [0.15, 0.2) is 4.34 Å². The number of thioether (sulfide) groups is 1. The Morgan fingerprint density at radius 3 is 2.97 bits per heavy atom. The fourth-order valence-corrected chi connectivity index (χ4v) is 5.07. The molecule has 7 nitrogen and oxygen atoms in total. The standard InChI is InChI=1S/C19H21ClN6OS2/c1-12-14(20)7-4-8-15(12)22-18-24-25-19(29-18)28-11-17(27)23-16-9-10-21-26(16)13-5-2-3-6-13/h4,7-10,13H,2-3,5-6,11H2,1H3,(H,22,24)(H,23,27). The molecule has 0 saturated heterocycles. The molecule has 1 amide bonds. The van der Waals surface area contributed by atoms with Gasteiger partial charge in [0, 0.05) is 16.8 Å². The van der Waals surface area contributed by atoms with Gasteiger partial charge in [0.25, 0.3) is 0 Å². The lowest BCUT2D eigenvalue weighted by Gasteiger charge is -2.14. The van der Waals surface area contributed by atoms with E-state index in [0.717, 1.165) is 34.2 Å². The highest BCUT2D eigenvalue weighted by molar-refractivity contribution is 8.01. The fourth-order valence-electron chi connectivity index (χ4n) is 3.34. The van der Waals surface area contributed by atoms with E-state index in [1.54, 1.807) is 6.20 Å². The van der Waals surface area contributed by atoms with Gasteiger partial charge in [0.1, 0.15) is 5.82 Å². The molecule has 0 spiro atoms. The molecule has 0 atom stereocenters. The molecule has 4 rings (SSSR count). The van der Waals surface area contributed by atoms with Crippen LogP contribution < -0.4 is 10.6 Å². The Labute approximate surface area is 182 Å². The molecule has 1 aromatic carbocycles. The first-order chi connectivity index (χ1) is 14.1. The molecule has 1 aliphatic carbocycles. The number of anilines is 3. The Morgan fingerprint density at radius 2 is 2.14 bits per heavy atom. The Morgan fingerprint density at radius 1 is 1.31 bits per heavy atom. The van der Waals surface area contributed by atoms with Crippen LogP contribution >= 0.6 is 34.7 Å². The minimum absolute atomic E-state index is 0.0786. The van der Waals surface area contributed by atoms with Gasteiger partial charge in [0.2, 0.25) is 11.0 Å². The molecule has 3 aromatic rings. The van der Waals surface area contributed by atoms with Gasteiger partial charge in [-0.05, 0) is 37.5 Å². The number of hydrogen-bond acceptors (Lipinski definition) is 7. The average Bonchev–Trinajstić information content (AvgIpc) is 3.45. The highest BCUT2D eigenvalue weighted by Gasteiger charge is 2.20. The van der Waals surface area contributed by atoms with Crippen LogP contribution in [-0.2, 0) is 4.79 Å². The summed E-state index contributed by atoms with van der Waals surface area (Å²) in [6, 6.07) is 7.91. The molecule has 0 bridgehead atoms. The number of carbonyl (C=O) groups excluding carboxylic acids is 1. The molecular weight excluding hydrogens is 428 g/mol. The maximum Gasteiger partial charge on any atom is 0.235 e. The van der Waals surface area contributed by atoms with Crippen LogP contribution in [0.25, 0.3) is 0 Å². The van der Waals surface area contributed by atoms with Crippen LogP contribution in [0.15, 0.2) is 34.8 Å². The first kappa shape index (κ1) is 20.2. The number of hydrogen-bond donors (Lipinski definition) is 2. The van der Waals surface area contributed by atoms with E-state index < -0.39 is 0 Å². The summed E-state index contributed by atoms with van der Waals surface area (Å²) in [5, 5.41) is 20.2. The van der Waals surface area contributed by atoms with Crippen LogP contribution in [-0.4, -0.2) is 31.6 Å². The van der Waals surface area contributed by atoms with Gasteiger partial charge in [-0.25, -0.2) is 4.68 Å². The molecule has 1 aliphatic rings. The van der Waals surface area contributed by atoms with E-state index in [9.17, 15) is 4.79 Å². The predicted octanol–water partition coefficient (Wildman–Crippen LogP) is 5.29. The maximum atomic E-state index is 12.4. The van der Waals surface area contributed by atoms with Crippen LogP contribution in [0.4, 0.5) is 16.6 Å². The van der Waals surface area contributed by atoms with Crippen LogP contribution in [0, 0.1) is 6.92 Å². The van der Waals surface area contributed by atoms with Crippen molar-refractivity contribution in [2.24, 2.45) is 0 Å². The summed E-state index contributed by atoms with van der Waals surface area (Å²) in [5.41, 5.74) is 1.85. The molecule has 29 heavy (non-hydrogen) atoms. The van der Waals surface area contributed by atoms with Crippen LogP contribution in [0.2, 0.25) is 5.02 Å². The third kappa shape index (κ3) is 4.91. The molecule has 0 radical (unpaired) electrons. The molecule has 2 N–H and O–H groups in total. The van der Waals surface area contributed by atoms with E-state index in [2.05, 4.69) is 25.9 Å². The second kappa shape index (κ2) is 9.15. The summed E-state index contributed by atoms with van der Waals surface area (Å²) in [6.45, 7) is 1.95. The number of nitrogens with zero attached hydrogens (tertiary/aromatic N) is 4. The predicted molar refractivity (Wildman–Crippen MR) is 118 cm³/mol. The topological polar surface area (TPSA) is 84.7 Å². The summed E-state index contributed by atoms with van der Waals surface area (Å²) >= 11 is 8.92. The van der Waals surface area contributed by atoms with Crippen molar-refractivity contribution in [3.63, 3.8) is 0 Å². The number of halogens is 1. The summed E-state index contributed by atoms with van der Waals surface area (Å²) in [5.74, 6) is 0.949. The zero-order valence-corrected chi connectivity index (χ0v) is 18.3. The summed E-state index contributed by atoms with van der Waals surface area (Å²) < 4.78 is 2.67. The Hall–Kier alpha value is -2.10. The molecule has 10 heteroatoms.